The first kappa shape index (κ1) is 16.3. The molecular weight excluding hydrogens is 278 g/mol. The van der Waals surface area contributed by atoms with Crippen LogP contribution in [0.3, 0.4) is 0 Å². The van der Waals surface area contributed by atoms with Crippen molar-refractivity contribution in [2.75, 3.05) is 11.9 Å². The number of urea groups is 1. The average Bonchev–Trinajstić information content (AvgIpc) is 2.38. The Labute approximate surface area is 121 Å². The third-order valence-electron chi connectivity index (χ3n) is 2.58. The molecule has 1 atom stereocenters. The normalized spacial score (nSPS) is 11.3. The Morgan fingerprint density at radius 3 is 2.48 bits per heavy atom. The summed E-state index contributed by atoms with van der Waals surface area (Å²) in [7, 11) is 0. The highest BCUT2D eigenvalue weighted by atomic mass is 16.4. The van der Waals surface area contributed by atoms with Crippen molar-refractivity contribution in [1.29, 1.82) is 0 Å². The number of likely N-dealkylation sites (N-methyl/N-ethyl adjacent to an activating group) is 1. The molecule has 0 aliphatic rings. The van der Waals surface area contributed by atoms with E-state index in [-0.39, 0.29) is 17.2 Å². The summed E-state index contributed by atoms with van der Waals surface area (Å²) in [5.41, 5.74) is -0.0604. The number of aromatic carboxylic acids is 1. The van der Waals surface area contributed by atoms with Crippen molar-refractivity contribution < 1.29 is 24.6 Å². The van der Waals surface area contributed by atoms with Gasteiger partial charge >= 0.3 is 12.0 Å². The molecule has 0 saturated heterocycles. The van der Waals surface area contributed by atoms with Crippen molar-refractivity contribution in [3.8, 4) is 5.75 Å². The van der Waals surface area contributed by atoms with Crippen LogP contribution in [0.5, 0.6) is 5.75 Å². The molecule has 114 valence electrons. The molecule has 0 radical (unpaired) electrons. The highest BCUT2D eigenvalue weighted by Crippen LogP contribution is 2.21. The van der Waals surface area contributed by atoms with E-state index in [0.29, 0.717) is 6.54 Å². The van der Waals surface area contributed by atoms with E-state index in [4.69, 9.17) is 5.11 Å². The van der Waals surface area contributed by atoms with E-state index in [9.17, 15) is 19.5 Å². The van der Waals surface area contributed by atoms with Gasteiger partial charge in [-0.25, -0.2) is 9.59 Å². The molecular formula is C13H17N3O5. The Morgan fingerprint density at radius 2 is 1.95 bits per heavy atom. The lowest BCUT2D eigenvalue weighted by Gasteiger charge is -2.14. The quantitative estimate of drug-likeness (QED) is 0.547. The van der Waals surface area contributed by atoms with E-state index in [1.165, 1.54) is 19.1 Å². The summed E-state index contributed by atoms with van der Waals surface area (Å²) in [6, 6.07) is 2.24. The molecule has 21 heavy (non-hydrogen) atoms. The molecule has 1 unspecified atom stereocenters. The highest BCUT2D eigenvalue weighted by Gasteiger charge is 2.15. The van der Waals surface area contributed by atoms with Gasteiger partial charge in [0.05, 0.1) is 0 Å². The van der Waals surface area contributed by atoms with Crippen LogP contribution >= 0.6 is 0 Å². The summed E-state index contributed by atoms with van der Waals surface area (Å²) >= 11 is 0. The number of phenols is 1. The summed E-state index contributed by atoms with van der Waals surface area (Å²) in [4.78, 5) is 33.8. The number of hydrogen-bond donors (Lipinski definition) is 5. The zero-order valence-corrected chi connectivity index (χ0v) is 11.6. The largest absolute Gasteiger partial charge is 0.507 e. The number of carboxylic acid groups (broad SMARTS) is 1. The average molecular weight is 295 g/mol. The number of amides is 3. The van der Waals surface area contributed by atoms with Crippen molar-refractivity contribution in [3.05, 3.63) is 23.8 Å². The van der Waals surface area contributed by atoms with Gasteiger partial charge in [-0.15, -0.1) is 0 Å². The molecule has 0 aliphatic carbocycles. The van der Waals surface area contributed by atoms with Crippen molar-refractivity contribution in [3.63, 3.8) is 0 Å². The Kier molecular flexibility index (Phi) is 5.53. The predicted molar refractivity (Wildman–Crippen MR) is 75.4 cm³/mol. The Bertz CT molecular complexity index is 559. The molecule has 5 N–H and O–H groups in total. The van der Waals surface area contributed by atoms with Crippen molar-refractivity contribution in [2.24, 2.45) is 0 Å². The van der Waals surface area contributed by atoms with Gasteiger partial charge in [-0.2, -0.15) is 0 Å². The summed E-state index contributed by atoms with van der Waals surface area (Å²) < 4.78 is 0. The summed E-state index contributed by atoms with van der Waals surface area (Å²) in [5.74, 6) is -2.05. The molecule has 8 nitrogen and oxygen atoms in total. The van der Waals surface area contributed by atoms with Gasteiger partial charge in [0.1, 0.15) is 17.4 Å². The summed E-state index contributed by atoms with van der Waals surface area (Å²) in [5, 5.41) is 25.6. The second-order valence-electron chi connectivity index (χ2n) is 4.25. The first-order valence-corrected chi connectivity index (χ1v) is 6.26. The molecule has 3 amide bonds. The third-order valence-corrected chi connectivity index (χ3v) is 2.58. The van der Waals surface area contributed by atoms with Crippen LogP contribution in [0.4, 0.5) is 10.5 Å². The molecule has 0 spiro atoms. The standard InChI is InChI=1S/C13H17N3O5/c1-3-14-11(18)7(2)15-13(21)16-8-4-5-9(12(19)20)10(17)6-8/h4-7,17H,3H2,1-2H3,(H,14,18)(H,19,20)(H2,15,16,21). The Morgan fingerprint density at radius 1 is 1.29 bits per heavy atom. The lowest BCUT2D eigenvalue weighted by atomic mass is 10.2. The monoisotopic (exact) mass is 295 g/mol. The van der Waals surface area contributed by atoms with E-state index in [0.717, 1.165) is 6.07 Å². The minimum absolute atomic E-state index is 0.207. The van der Waals surface area contributed by atoms with Crippen LogP contribution in [0, 0.1) is 0 Å². The molecule has 0 saturated carbocycles. The topological polar surface area (TPSA) is 128 Å². The maximum Gasteiger partial charge on any atom is 0.339 e. The predicted octanol–water partition coefficient (Wildman–Crippen LogP) is 0.736. The van der Waals surface area contributed by atoms with Crippen LogP contribution in [-0.2, 0) is 4.79 Å². The van der Waals surface area contributed by atoms with Crippen molar-refractivity contribution in [1.82, 2.24) is 10.6 Å². The minimum atomic E-state index is -1.27. The van der Waals surface area contributed by atoms with E-state index < -0.39 is 23.8 Å². The van der Waals surface area contributed by atoms with E-state index in [1.54, 1.807) is 6.92 Å². The van der Waals surface area contributed by atoms with Crippen LogP contribution in [0.15, 0.2) is 18.2 Å². The molecule has 0 heterocycles. The zero-order chi connectivity index (χ0) is 16.0. The number of carbonyl (C=O) groups excluding carboxylic acids is 2. The minimum Gasteiger partial charge on any atom is -0.507 e. The third kappa shape index (κ3) is 4.68. The number of benzene rings is 1. The van der Waals surface area contributed by atoms with Gasteiger partial charge in [0.25, 0.3) is 0 Å². The SMILES string of the molecule is CCNC(=O)C(C)NC(=O)Nc1ccc(C(=O)O)c(O)c1. The van der Waals surface area contributed by atoms with Gasteiger partial charge in [0.2, 0.25) is 5.91 Å². The van der Waals surface area contributed by atoms with Gasteiger partial charge in [-0.1, -0.05) is 0 Å². The Hall–Kier alpha value is -2.77. The molecule has 0 aromatic heterocycles. The first-order chi connectivity index (χ1) is 9.85. The van der Waals surface area contributed by atoms with Crippen LogP contribution in [0.1, 0.15) is 24.2 Å². The Balaban J connectivity index is 2.65. The molecule has 1 aromatic carbocycles. The number of carbonyl (C=O) groups is 3. The number of anilines is 1. The number of nitrogens with one attached hydrogen (secondary N) is 3. The summed E-state index contributed by atoms with van der Waals surface area (Å²) in [6.07, 6.45) is 0. The van der Waals surface area contributed by atoms with Gasteiger partial charge in [0, 0.05) is 18.3 Å². The molecule has 0 fully saturated rings. The van der Waals surface area contributed by atoms with Gasteiger partial charge in [0.15, 0.2) is 0 Å². The smallest absolute Gasteiger partial charge is 0.339 e. The fourth-order valence-electron chi connectivity index (χ4n) is 1.55. The lowest BCUT2D eigenvalue weighted by Crippen LogP contribution is -2.46. The number of hydrogen-bond acceptors (Lipinski definition) is 4. The van der Waals surface area contributed by atoms with Crippen LogP contribution in [0.25, 0.3) is 0 Å². The maximum absolute atomic E-state index is 11.7. The molecule has 0 aliphatic heterocycles. The maximum atomic E-state index is 11.7. The van der Waals surface area contributed by atoms with E-state index >= 15 is 0 Å². The number of rotatable bonds is 5. The zero-order valence-electron chi connectivity index (χ0n) is 11.6. The molecule has 8 heteroatoms. The highest BCUT2D eigenvalue weighted by molar-refractivity contribution is 5.95. The lowest BCUT2D eigenvalue weighted by molar-refractivity contribution is -0.122. The van der Waals surface area contributed by atoms with Crippen LogP contribution in [0.2, 0.25) is 0 Å². The summed E-state index contributed by atoms with van der Waals surface area (Å²) in [6.45, 7) is 3.74. The van der Waals surface area contributed by atoms with E-state index in [2.05, 4.69) is 16.0 Å². The number of aromatic hydroxyl groups is 1. The van der Waals surface area contributed by atoms with Gasteiger partial charge in [-0.3, -0.25) is 4.79 Å². The van der Waals surface area contributed by atoms with Gasteiger partial charge in [-0.05, 0) is 26.0 Å². The molecule has 1 rings (SSSR count). The van der Waals surface area contributed by atoms with Crippen molar-refractivity contribution >= 4 is 23.6 Å². The van der Waals surface area contributed by atoms with Crippen LogP contribution in [-0.4, -0.2) is 40.7 Å². The number of carboxylic acids is 1. The van der Waals surface area contributed by atoms with Crippen molar-refractivity contribution in [2.45, 2.75) is 19.9 Å². The fraction of sp³-hybridized carbons (Fsp3) is 0.308. The van der Waals surface area contributed by atoms with E-state index in [1.807, 2.05) is 0 Å². The molecule has 0 bridgehead atoms. The molecule has 1 aromatic rings. The second-order valence-corrected chi connectivity index (χ2v) is 4.25. The fourth-order valence-corrected chi connectivity index (χ4v) is 1.55. The second kappa shape index (κ2) is 7.13. The first-order valence-electron chi connectivity index (χ1n) is 6.26. The van der Waals surface area contributed by atoms with Gasteiger partial charge < -0.3 is 26.2 Å². The van der Waals surface area contributed by atoms with Crippen LogP contribution < -0.4 is 16.0 Å².